The summed E-state index contributed by atoms with van der Waals surface area (Å²) in [7, 11) is -1.59. The molecule has 0 bridgehead atoms. The van der Waals surface area contributed by atoms with Gasteiger partial charge in [0.2, 0.25) is 5.91 Å². The third-order valence-electron chi connectivity index (χ3n) is 3.19. The van der Waals surface area contributed by atoms with Crippen LogP contribution >= 0.6 is 0 Å². The van der Waals surface area contributed by atoms with Crippen LogP contribution in [0, 0.1) is 0 Å². The molecule has 0 aliphatic carbocycles. The van der Waals surface area contributed by atoms with Crippen molar-refractivity contribution in [2.45, 2.75) is 19.4 Å². The number of benzene rings is 1. The maximum atomic E-state index is 11.2. The molecule has 1 aromatic carbocycles. The second kappa shape index (κ2) is 5.98. The number of carbonyl (C=O) groups excluding carboxylic acids is 1. The van der Waals surface area contributed by atoms with Crippen LogP contribution in [0.15, 0.2) is 24.4 Å². The van der Waals surface area contributed by atoms with Gasteiger partial charge in [0.05, 0.1) is 0 Å². The van der Waals surface area contributed by atoms with Gasteiger partial charge in [-0.3, -0.25) is 4.79 Å². The van der Waals surface area contributed by atoms with Gasteiger partial charge in [0.1, 0.15) is 6.04 Å². The van der Waals surface area contributed by atoms with Crippen LogP contribution in [0.25, 0.3) is 10.9 Å². The van der Waals surface area contributed by atoms with Crippen LogP contribution in [0.1, 0.15) is 12.5 Å². The summed E-state index contributed by atoms with van der Waals surface area (Å²) in [4.78, 5) is 25.2. The Kier molecular flexibility index (Phi) is 4.30. The lowest BCUT2D eigenvalue weighted by Gasteiger charge is -2.12. The molecule has 1 amide bonds. The summed E-state index contributed by atoms with van der Waals surface area (Å²) in [5.74, 6) is -1.55. The number of amides is 1. The van der Waals surface area contributed by atoms with Gasteiger partial charge in [-0.05, 0) is 17.1 Å². The number of aliphatic carboxylic acids is 1. The molecule has 8 heteroatoms. The minimum Gasteiger partial charge on any atom is -0.480 e. The third-order valence-corrected chi connectivity index (χ3v) is 3.19. The van der Waals surface area contributed by atoms with Crippen molar-refractivity contribution in [3.8, 4) is 0 Å². The molecule has 0 saturated heterocycles. The van der Waals surface area contributed by atoms with Crippen molar-refractivity contribution >= 4 is 35.4 Å². The molecule has 2 rings (SSSR count). The fraction of sp³-hybridized carbons (Fsp3) is 0.231. The van der Waals surface area contributed by atoms with Crippen LogP contribution in [0.4, 0.5) is 0 Å². The standard InChI is InChI=1S/C13H15BN2O5/c1-7(17)16-12(13(18)19)4-8-6-15-11-3-2-9(14(20)21)5-10(8)11/h2-3,5-6,12,15,20-21H,4H2,1H3,(H,16,17)(H,18,19). The van der Waals surface area contributed by atoms with Crippen molar-refractivity contribution in [2.24, 2.45) is 0 Å². The number of carboxylic acid groups (broad SMARTS) is 1. The van der Waals surface area contributed by atoms with Crippen molar-refractivity contribution in [2.75, 3.05) is 0 Å². The van der Waals surface area contributed by atoms with E-state index in [9.17, 15) is 19.6 Å². The van der Waals surface area contributed by atoms with E-state index in [0.717, 1.165) is 5.52 Å². The summed E-state index contributed by atoms with van der Waals surface area (Å²) in [6.07, 6.45) is 1.75. The number of nitrogens with one attached hydrogen (secondary N) is 2. The zero-order valence-electron chi connectivity index (χ0n) is 11.3. The lowest BCUT2D eigenvalue weighted by atomic mass is 9.79. The third kappa shape index (κ3) is 3.42. The summed E-state index contributed by atoms with van der Waals surface area (Å²) in [5, 5.41) is 30.6. The first-order chi connectivity index (χ1) is 9.88. The highest BCUT2D eigenvalue weighted by Gasteiger charge is 2.21. The molecule has 110 valence electrons. The monoisotopic (exact) mass is 290 g/mol. The van der Waals surface area contributed by atoms with Crippen molar-refractivity contribution in [3.63, 3.8) is 0 Å². The molecule has 0 fully saturated rings. The number of H-pyrrole nitrogens is 1. The molecule has 1 atom stereocenters. The number of carboxylic acids is 1. The zero-order valence-corrected chi connectivity index (χ0v) is 11.3. The van der Waals surface area contributed by atoms with E-state index in [0.29, 0.717) is 16.4 Å². The van der Waals surface area contributed by atoms with Gasteiger partial charge in [-0.25, -0.2) is 4.79 Å². The van der Waals surface area contributed by atoms with Crippen LogP contribution in [-0.2, 0) is 16.0 Å². The van der Waals surface area contributed by atoms with Gasteiger partial charge in [0.25, 0.3) is 0 Å². The summed E-state index contributed by atoms with van der Waals surface area (Å²) in [5.41, 5.74) is 1.74. The molecule has 1 heterocycles. The van der Waals surface area contributed by atoms with Crippen LogP contribution in [0.3, 0.4) is 0 Å². The lowest BCUT2D eigenvalue weighted by molar-refractivity contribution is -0.141. The number of aromatic nitrogens is 1. The van der Waals surface area contributed by atoms with Gasteiger partial charge < -0.3 is 25.5 Å². The Hall–Kier alpha value is -2.32. The van der Waals surface area contributed by atoms with E-state index >= 15 is 0 Å². The maximum Gasteiger partial charge on any atom is 0.488 e. The predicted octanol–water partition coefficient (Wildman–Crippen LogP) is -1.02. The van der Waals surface area contributed by atoms with Crippen molar-refractivity contribution in [3.05, 3.63) is 30.0 Å². The molecule has 2 aromatic rings. The van der Waals surface area contributed by atoms with Gasteiger partial charge in [0.15, 0.2) is 0 Å². The van der Waals surface area contributed by atoms with Crippen LogP contribution in [-0.4, -0.2) is 45.2 Å². The molecule has 1 unspecified atom stereocenters. The van der Waals surface area contributed by atoms with E-state index in [4.69, 9.17) is 5.11 Å². The van der Waals surface area contributed by atoms with Crippen molar-refractivity contribution < 1.29 is 24.7 Å². The molecule has 7 nitrogen and oxygen atoms in total. The lowest BCUT2D eigenvalue weighted by Crippen LogP contribution is -2.41. The summed E-state index contributed by atoms with van der Waals surface area (Å²) in [6, 6.07) is 3.79. The van der Waals surface area contributed by atoms with Gasteiger partial charge >= 0.3 is 13.1 Å². The fourth-order valence-electron chi connectivity index (χ4n) is 2.19. The van der Waals surface area contributed by atoms with Crippen LogP contribution in [0.5, 0.6) is 0 Å². The first-order valence-corrected chi connectivity index (χ1v) is 6.34. The average molecular weight is 290 g/mol. The van der Waals surface area contributed by atoms with Gasteiger partial charge in [-0.2, -0.15) is 0 Å². The number of fused-ring (bicyclic) bond motifs is 1. The molecule has 1 aromatic heterocycles. The first kappa shape index (κ1) is 15.1. The highest BCUT2D eigenvalue weighted by atomic mass is 16.4. The molecule has 0 aliphatic rings. The highest BCUT2D eigenvalue weighted by Crippen LogP contribution is 2.18. The Morgan fingerprint density at radius 1 is 1.38 bits per heavy atom. The predicted molar refractivity (Wildman–Crippen MR) is 77.1 cm³/mol. The molecular weight excluding hydrogens is 275 g/mol. The minimum absolute atomic E-state index is 0.0971. The van der Waals surface area contributed by atoms with Crippen LogP contribution < -0.4 is 10.8 Å². The SMILES string of the molecule is CC(=O)NC(Cc1c[nH]c2ccc(B(O)O)cc12)C(=O)O. The van der Waals surface area contributed by atoms with Crippen molar-refractivity contribution in [1.29, 1.82) is 0 Å². The number of carbonyl (C=O) groups is 2. The second-order valence-electron chi connectivity index (χ2n) is 4.79. The molecule has 0 spiro atoms. The van der Waals surface area contributed by atoms with E-state index in [-0.39, 0.29) is 6.42 Å². The number of hydrogen-bond acceptors (Lipinski definition) is 4. The number of rotatable bonds is 5. The maximum absolute atomic E-state index is 11.2. The van der Waals surface area contributed by atoms with E-state index in [1.54, 1.807) is 24.4 Å². The Morgan fingerprint density at radius 2 is 2.10 bits per heavy atom. The minimum atomic E-state index is -1.59. The largest absolute Gasteiger partial charge is 0.488 e. The molecular formula is C13H15BN2O5. The molecule has 0 radical (unpaired) electrons. The zero-order chi connectivity index (χ0) is 15.6. The molecule has 0 aliphatic heterocycles. The quantitative estimate of drug-likeness (QED) is 0.451. The topological polar surface area (TPSA) is 123 Å². The van der Waals surface area contributed by atoms with Gasteiger partial charge in [0, 0.05) is 30.4 Å². The molecule has 0 saturated carbocycles. The molecule has 21 heavy (non-hydrogen) atoms. The second-order valence-corrected chi connectivity index (χ2v) is 4.79. The average Bonchev–Trinajstić information content (AvgIpc) is 2.79. The van der Waals surface area contributed by atoms with Gasteiger partial charge in [-0.1, -0.05) is 12.1 Å². The first-order valence-electron chi connectivity index (χ1n) is 6.34. The van der Waals surface area contributed by atoms with Crippen LogP contribution in [0.2, 0.25) is 0 Å². The number of aromatic amines is 1. The van der Waals surface area contributed by atoms with E-state index < -0.39 is 25.0 Å². The van der Waals surface area contributed by atoms with Crippen molar-refractivity contribution in [1.82, 2.24) is 10.3 Å². The van der Waals surface area contributed by atoms with Gasteiger partial charge in [-0.15, -0.1) is 0 Å². The Labute approximate surface area is 120 Å². The van der Waals surface area contributed by atoms with E-state index in [1.165, 1.54) is 6.92 Å². The smallest absolute Gasteiger partial charge is 0.480 e. The highest BCUT2D eigenvalue weighted by molar-refractivity contribution is 6.58. The molecule has 5 N–H and O–H groups in total. The Bertz CT molecular complexity index is 682. The summed E-state index contributed by atoms with van der Waals surface area (Å²) in [6.45, 7) is 1.26. The normalized spacial score (nSPS) is 12.1. The Balaban J connectivity index is 2.34. The van der Waals surface area contributed by atoms with E-state index in [1.807, 2.05) is 0 Å². The summed E-state index contributed by atoms with van der Waals surface area (Å²) >= 11 is 0. The van der Waals surface area contributed by atoms with E-state index in [2.05, 4.69) is 10.3 Å². The summed E-state index contributed by atoms with van der Waals surface area (Å²) < 4.78 is 0. The Morgan fingerprint density at radius 3 is 2.67 bits per heavy atom. The number of hydrogen-bond donors (Lipinski definition) is 5. The fourth-order valence-corrected chi connectivity index (χ4v) is 2.19.